The average Bonchev–Trinajstić information content (AvgIpc) is 3.00. The third-order valence-corrected chi connectivity index (χ3v) is 27.5. The normalized spacial score (nSPS) is 12.7. The van der Waals surface area contributed by atoms with Gasteiger partial charge in [-0.2, -0.15) is 0 Å². The summed E-state index contributed by atoms with van der Waals surface area (Å²) in [5.41, 5.74) is 15.6. The van der Waals surface area contributed by atoms with Crippen LogP contribution in [0.25, 0.3) is 0 Å². The van der Waals surface area contributed by atoms with E-state index in [-0.39, 0.29) is 39.0 Å². The molecular formula is C54H108N4O2Si4. The minimum absolute atomic E-state index is 0.0173. The van der Waals surface area contributed by atoms with Gasteiger partial charge in [-0.1, -0.05) is 141 Å². The second-order valence-corrected chi connectivity index (χ2v) is 47.1. The number of rotatable bonds is 7. The monoisotopic (exact) mass is 957 g/mol. The van der Waals surface area contributed by atoms with E-state index < -0.39 is 32.3 Å². The number of carbonyl (C=O) groups is 2. The van der Waals surface area contributed by atoms with E-state index in [1.807, 2.05) is 41.5 Å². The Morgan fingerprint density at radius 2 is 0.672 bits per heavy atom. The largest absolute Gasteiger partial charge is 0.351 e. The summed E-state index contributed by atoms with van der Waals surface area (Å²) < 4.78 is 0. The van der Waals surface area contributed by atoms with Gasteiger partial charge in [-0.05, 0) is 110 Å². The fourth-order valence-corrected chi connectivity index (χ4v) is 13.2. The van der Waals surface area contributed by atoms with Crippen molar-refractivity contribution in [1.29, 1.82) is 0 Å². The molecule has 2 amide bonds. The van der Waals surface area contributed by atoms with Crippen LogP contribution in [0.1, 0.15) is 179 Å². The van der Waals surface area contributed by atoms with Gasteiger partial charge in [0.1, 0.15) is 32.3 Å². The summed E-state index contributed by atoms with van der Waals surface area (Å²) in [6.45, 7) is 69.8. The predicted molar refractivity (Wildman–Crippen MR) is 300 cm³/mol. The van der Waals surface area contributed by atoms with Crippen LogP contribution in [0, 0.1) is 45.9 Å². The van der Waals surface area contributed by atoms with E-state index in [2.05, 4.69) is 238 Å². The molecule has 64 heavy (non-hydrogen) atoms. The van der Waals surface area contributed by atoms with Crippen molar-refractivity contribution in [2.45, 2.75) is 274 Å². The van der Waals surface area contributed by atoms with Crippen molar-refractivity contribution in [3.05, 3.63) is 0 Å². The topological polar surface area (TPSA) is 82.3 Å². The molecule has 0 aliphatic heterocycles. The number of nitrogens with one attached hydrogen (secondary N) is 4. The molecule has 0 heterocycles. The number of hydrogen-bond donors (Lipinski definition) is 4. The van der Waals surface area contributed by atoms with Crippen molar-refractivity contribution < 1.29 is 9.59 Å². The Labute approximate surface area is 405 Å². The molecule has 0 unspecified atom stereocenters. The zero-order chi connectivity index (χ0) is 52.2. The van der Waals surface area contributed by atoms with Crippen LogP contribution >= 0.6 is 0 Å². The summed E-state index contributed by atoms with van der Waals surface area (Å²) in [4.78, 5) is 23.5. The molecule has 0 bridgehead atoms. The van der Waals surface area contributed by atoms with E-state index >= 15 is 0 Å². The fourth-order valence-electron chi connectivity index (χ4n) is 5.55. The highest BCUT2D eigenvalue weighted by molar-refractivity contribution is 6.90. The van der Waals surface area contributed by atoms with Gasteiger partial charge < -0.3 is 21.3 Å². The Bertz CT molecular complexity index is 1630. The molecule has 0 aromatic carbocycles. The second kappa shape index (κ2) is 27.7. The van der Waals surface area contributed by atoms with Crippen molar-refractivity contribution in [2.75, 3.05) is 13.1 Å². The van der Waals surface area contributed by atoms with Crippen LogP contribution in [0.3, 0.4) is 0 Å². The molecule has 0 spiro atoms. The fraction of sp³-hybridized carbons (Fsp3) is 0.815. The summed E-state index contributed by atoms with van der Waals surface area (Å²) >= 11 is 0. The lowest BCUT2D eigenvalue weighted by Gasteiger charge is -2.38. The molecule has 0 atom stereocenters. The van der Waals surface area contributed by atoms with Crippen LogP contribution in [0.15, 0.2) is 0 Å². The maximum absolute atomic E-state index is 11.9. The molecule has 0 radical (unpaired) electrons. The first-order chi connectivity index (χ1) is 27.9. The van der Waals surface area contributed by atoms with Crippen LogP contribution in [-0.4, -0.2) is 79.4 Å². The molecule has 6 nitrogen and oxygen atoms in total. The van der Waals surface area contributed by atoms with Crippen LogP contribution in [0.2, 0.25) is 72.5 Å². The van der Waals surface area contributed by atoms with Gasteiger partial charge in [0.25, 0.3) is 0 Å². The Kier molecular flexibility index (Phi) is 29.7. The highest BCUT2D eigenvalue weighted by Crippen LogP contribution is 2.41. The third kappa shape index (κ3) is 36.1. The maximum Gasteiger partial charge on any atom is 0.232 e. The molecule has 0 aromatic rings. The standard InChI is InChI=1S/C17H33NOSi.C14H27NOSi.C13H27NSi.C10H21NSi/c1-13(2)20(14(3)4,15(5)6)12-10-11-16(19)18-17(7,8)9;1-13(2,3)15-12(16)10-9-11-17(7,8)14(4,5)6;1-12(2,3)14-10-9-11-15(7,8)13(4,5)6;1-10(2,3)11-8-7-9-12(4,5)6/h13-15H,11H2,1-9H3,(H,18,19);10H2,1-8H3,(H,15,16);14H,10H2,1-8H3;11H,8H2,1-6H3. The summed E-state index contributed by atoms with van der Waals surface area (Å²) in [7, 11) is -5.82. The van der Waals surface area contributed by atoms with Gasteiger partial charge in [-0.25, -0.2) is 0 Å². The number of hydrogen-bond acceptors (Lipinski definition) is 4. The molecular weight excluding hydrogens is 849 g/mol. The van der Waals surface area contributed by atoms with Crippen LogP contribution in [-0.2, 0) is 9.59 Å². The first kappa shape index (κ1) is 68.5. The van der Waals surface area contributed by atoms with E-state index in [0.29, 0.717) is 34.5 Å². The van der Waals surface area contributed by atoms with Crippen molar-refractivity contribution in [3.8, 4) is 45.9 Å². The quantitative estimate of drug-likeness (QED) is 0.151. The molecule has 0 aliphatic carbocycles. The third-order valence-electron chi connectivity index (χ3n) is 11.1. The Balaban J connectivity index is -0.000000381. The Morgan fingerprint density at radius 3 is 0.906 bits per heavy atom. The lowest BCUT2D eigenvalue weighted by Crippen LogP contribution is -2.43. The van der Waals surface area contributed by atoms with E-state index in [4.69, 9.17) is 0 Å². The van der Waals surface area contributed by atoms with Crippen LogP contribution in [0.4, 0.5) is 0 Å². The van der Waals surface area contributed by atoms with Crippen molar-refractivity contribution in [2.24, 2.45) is 0 Å². The summed E-state index contributed by atoms with van der Waals surface area (Å²) in [6.07, 6.45) is 0.627. The molecule has 0 fully saturated rings. The van der Waals surface area contributed by atoms with Crippen molar-refractivity contribution in [3.63, 3.8) is 0 Å². The first-order valence-corrected chi connectivity index (χ1v) is 35.8. The van der Waals surface area contributed by atoms with Gasteiger partial charge in [0.15, 0.2) is 0 Å². The van der Waals surface area contributed by atoms with E-state index in [1.54, 1.807) is 0 Å². The maximum atomic E-state index is 11.9. The van der Waals surface area contributed by atoms with E-state index in [1.165, 1.54) is 0 Å². The molecule has 4 N–H and O–H groups in total. The molecule has 372 valence electrons. The molecule has 0 aliphatic rings. The van der Waals surface area contributed by atoms with Gasteiger partial charge in [0.2, 0.25) is 11.8 Å². The molecule has 0 saturated carbocycles. The minimum Gasteiger partial charge on any atom is -0.351 e. The minimum atomic E-state index is -1.69. The van der Waals surface area contributed by atoms with Crippen LogP contribution in [0.5, 0.6) is 0 Å². The van der Waals surface area contributed by atoms with Gasteiger partial charge >= 0.3 is 0 Å². The van der Waals surface area contributed by atoms with E-state index in [0.717, 1.165) is 13.1 Å². The SMILES string of the molecule is CC(C)(C)NC(=O)CC#C[Si](C)(C)C(C)(C)C.CC(C)(C)NCC#C[Si](C)(C)C.CC(C)(C)NCC#C[Si](C)(C)C(C)(C)C.CC(C)[Si](C#CCC(=O)NC(C)(C)C)(C(C)C)C(C)C. The Morgan fingerprint density at radius 1 is 0.406 bits per heavy atom. The summed E-state index contributed by atoms with van der Waals surface area (Å²) in [5, 5.41) is 13.2. The second-order valence-electron chi connectivity index (χ2n) is 26.8. The molecule has 10 heteroatoms. The highest BCUT2D eigenvalue weighted by Gasteiger charge is 2.41. The summed E-state index contributed by atoms with van der Waals surface area (Å²) in [6, 6.07) is 0. The zero-order valence-electron chi connectivity index (χ0n) is 48.4. The lowest BCUT2D eigenvalue weighted by molar-refractivity contribution is -0.122. The lowest BCUT2D eigenvalue weighted by atomic mass is 10.1. The molecule has 0 aromatic heterocycles. The van der Waals surface area contributed by atoms with Crippen LogP contribution < -0.4 is 21.3 Å². The molecule has 0 rings (SSSR count). The first-order valence-electron chi connectivity index (χ1n) is 24.1. The number of carbonyl (C=O) groups excluding carboxylic acids is 2. The molecule has 0 saturated heterocycles. The van der Waals surface area contributed by atoms with Gasteiger partial charge in [0.05, 0.1) is 25.9 Å². The van der Waals surface area contributed by atoms with Gasteiger partial charge in [-0.3, -0.25) is 9.59 Å². The van der Waals surface area contributed by atoms with Gasteiger partial charge in [0, 0.05) is 22.2 Å². The highest BCUT2D eigenvalue weighted by atomic mass is 28.3. The van der Waals surface area contributed by atoms with Gasteiger partial charge in [-0.15, -0.1) is 34.0 Å². The zero-order valence-corrected chi connectivity index (χ0v) is 52.4. The summed E-state index contributed by atoms with van der Waals surface area (Å²) in [5.74, 6) is 12.8. The smallest absolute Gasteiger partial charge is 0.232 e. The average molecular weight is 958 g/mol. The Hall–Kier alpha value is -2.03. The number of amides is 2. The van der Waals surface area contributed by atoms with Crippen molar-refractivity contribution >= 4 is 44.1 Å². The van der Waals surface area contributed by atoms with E-state index in [9.17, 15) is 9.59 Å². The van der Waals surface area contributed by atoms with Crippen molar-refractivity contribution in [1.82, 2.24) is 21.3 Å². The predicted octanol–water partition coefficient (Wildman–Crippen LogP) is 13.5.